The minimum absolute atomic E-state index is 0.0837. The fourth-order valence-electron chi connectivity index (χ4n) is 3.77. The monoisotopic (exact) mass is 344 g/mol. The van der Waals surface area contributed by atoms with Crippen molar-refractivity contribution in [3.63, 3.8) is 0 Å². The quantitative estimate of drug-likeness (QED) is 0.674. The lowest BCUT2D eigenvalue weighted by Gasteiger charge is -2.31. The molecule has 0 radical (unpaired) electrons. The lowest BCUT2D eigenvalue weighted by atomic mass is 10.1. The molecule has 3 aliphatic rings. The summed E-state index contributed by atoms with van der Waals surface area (Å²) < 4.78 is 28.8. The Labute approximate surface area is 139 Å². The maximum Gasteiger partial charge on any atom is 0.237 e. The molecular formula is C16H28N2O4S. The standard InChI is InChI=1S/C16H28N2O4S/c1-2-18(15-6-8-23(20,21)12-15)16(19)10-17(14-3-4-14)9-13-5-7-22-11-13/h13-15H,2-12H2,1H3/t13-,15+/m0/s1. The van der Waals surface area contributed by atoms with Gasteiger partial charge >= 0.3 is 0 Å². The van der Waals surface area contributed by atoms with Gasteiger partial charge in [-0.15, -0.1) is 0 Å². The molecule has 2 saturated heterocycles. The van der Waals surface area contributed by atoms with E-state index in [2.05, 4.69) is 4.90 Å². The largest absolute Gasteiger partial charge is 0.381 e. The zero-order valence-electron chi connectivity index (χ0n) is 13.9. The van der Waals surface area contributed by atoms with E-state index in [1.165, 1.54) is 12.8 Å². The van der Waals surface area contributed by atoms with E-state index in [0.717, 1.165) is 26.2 Å². The third-order valence-electron chi connectivity index (χ3n) is 5.23. The van der Waals surface area contributed by atoms with Gasteiger partial charge in [0.25, 0.3) is 0 Å². The average molecular weight is 344 g/mol. The highest BCUT2D eigenvalue weighted by Gasteiger charge is 2.37. The molecule has 3 rings (SSSR count). The second-order valence-electron chi connectivity index (χ2n) is 7.13. The second kappa shape index (κ2) is 7.07. The first-order valence-electron chi connectivity index (χ1n) is 8.80. The minimum Gasteiger partial charge on any atom is -0.381 e. The molecule has 0 bridgehead atoms. The number of carbonyl (C=O) groups excluding carboxylic acids is 1. The van der Waals surface area contributed by atoms with E-state index in [4.69, 9.17) is 4.74 Å². The molecule has 6 nitrogen and oxygen atoms in total. The fourth-order valence-corrected chi connectivity index (χ4v) is 5.50. The zero-order chi connectivity index (χ0) is 16.4. The Morgan fingerprint density at radius 1 is 1.17 bits per heavy atom. The molecule has 1 saturated carbocycles. The van der Waals surface area contributed by atoms with Crippen LogP contribution in [-0.4, -0.2) is 80.6 Å². The first-order valence-corrected chi connectivity index (χ1v) is 10.6. The lowest BCUT2D eigenvalue weighted by Crippen LogP contribution is -2.47. The molecule has 132 valence electrons. The molecule has 1 amide bonds. The van der Waals surface area contributed by atoms with E-state index in [9.17, 15) is 13.2 Å². The summed E-state index contributed by atoms with van der Waals surface area (Å²) >= 11 is 0. The van der Waals surface area contributed by atoms with E-state index >= 15 is 0 Å². The highest BCUT2D eigenvalue weighted by Crippen LogP contribution is 2.29. The van der Waals surface area contributed by atoms with Gasteiger partial charge in [-0.2, -0.15) is 0 Å². The van der Waals surface area contributed by atoms with E-state index in [0.29, 0.717) is 31.5 Å². The minimum atomic E-state index is -2.96. The smallest absolute Gasteiger partial charge is 0.237 e. The van der Waals surface area contributed by atoms with Crippen LogP contribution in [0, 0.1) is 5.92 Å². The Kier molecular flexibility index (Phi) is 5.28. The molecule has 0 unspecified atom stereocenters. The van der Waals surface area contributed by atoms with Crippen LogP contribution in [0.4, 0.5) is 0 Å². The first-order chi connectivity index (χ1) is 11.0. The Balaban J connectivity index is 1.58. The Hall–Kier alpha value is -0.660. The highest BCUT2D eigenvalue weighted by atomic mass is 32.2. The molecule has 0 aromatic carbocycles. The Morgan fingerprint density at radius 2 is 1.96 bits per heavy atom. The molecule has 2 atom stereocenters. The SMILES string of the molecule is CCN(C(=O)CN(C[C@@H]1CCOC1)C1CC1)[C@@H]1CCS(=O)(=O)C1. The van der Waals surface area contributed by atoms with Gasteiger partial charge in [-0.05, 0) is 38.5 Å². The summed E-state index contributed by atoms with van der Waals surface area (Å²) in [6, 6.07) is 0.402. The van der Waals surface area contributed by atoms with E-state index < -0.39 is 9.84 Å². The van der Waals surface area contributed by atoms with Crippen LogP contribution in [0.25, 0.3) is 0 Å². The van der Waals surface area contributed by atoms with Crippen LogP contribution in [0.15, 0.2) is 0 Å². The molecule has 23 heavy (non-hydrogen) atoms. The van der Waals surface area contributed by atoms with Crippen LogP contribution in [0.5, 0.6) is 0 Å². The number of ether oxygens (including phenoxy) is 1. The van der Waals surface area contributed by atoms with Gasteiger partial charge < -0.3 is 9.64 Å². The number of sulfone groups is 1. The van der Waals surface area contributed by atoms with Crippen LogP contribution < -0.4 is 0 Å². The van der Waals surface area contributed by atoms with E-state index in [1.807, 2.05) is 6.92 Å². The normalized spacial score (nSPS) is 30.0. The Morgan fingerprint density at radius 3 is 2.48 bits per heavy atom. The van der Waals surface area contributed by atoms with Gasteiger partial charge in [0.05, 0.1) is 24.7 Å². The van der Waals surface area contributed by atoms with Crippen molar-refractivity contribution in [1.82, 2.24) is 9.80 Å². The number of carbonyl (C=O) groups is 1. The summed E-state index contributed by atoms with van der Waals surface area (Å²) in [5, 5.41) is 0. The van der Waals surface area contributed by atoms with Crippen LogP contribution >= 0.6 is 0 Å². The van der Waals surface area contributed by atoms with Gasteiger partial charge in [-0.3, -0.25) is 9.69 Å². The number of likely N-dealkylation sites (N-methyl/N-ethyl adjacent to an activating group) is 1. The van der Waals surface area contributed by atoms with Crippen molar-refractivity contribution >= 4 is 15.7 Å². The van der Waals surface area contributed by atoms with Crippen molar-refractivity contribution in [2.75, 3.05) is 44.4 Å². The van der Waals surface area contributed by atoms with Crippen molar-refractivity contribution < 1.29 is 17.9 Å². The molecule has 1 aliphatic carbocycles. The van der Waals surface area contributed by atoms with Crippen molar-refractivity contribution in [3.8, 4) is 0 Å². The summed E-state index contributed by atoms with van der Waals surface area (Å²) in [6.45, 7) is 5.51. The van der Waals surface area contributed by atoms with Crippen molar-refractivity contribution in [2.45, 2.75) is 44.7 Å². The summed E-state index contributed by atoms with van der Waals surface area (Å²) in [6.07, 6.45) is 4.01. The number of rotatable bonds is 7. The third-order valence-corrected chi connectivity index (χ3v) is 6.98. The highest BCUT2D eigenvalue weighted by molar-refractivity contribution is 7.91. The predicted molar refractivity (Wildman–Crippen MR) is 88.0 cm³/mol. The predicted octanol–water partition coefficient (Wildman–Crippen LogP) is 0.523. The van der Waals surface area contributed by atoms with Gasteiger partial charge in [0.15, 0.2) is 9.84 Å². The summed E-state index contributed by atoms with van der Waals surface area (Å²) in [5.74, 6) is 0.963. The van der Waals surface area contributed by atoms with Crippen molar-refractivity contribution in [1.29, 1.82) is 0 Å². The molecular weight excluding hydrogens is 316 g/mol. The lowest BCUT2D eigenvalue weighted by molar-refractivity contribution is -0.134. The molecule has 2 heterocycles. The summed E-state index contributed by atoms with van der Waals surface area (Å²) in [7, 11) is -2.96. The number of hydrogen-bond donors (Lipinski definition) is 0. The van der Waals surface area contributed by atoms with Crippen LogP contribution in [0.2, 0.25) is 0 Å². The molecule has 0 aromatic rings. The Bertz CT molecular complexity index is 526. The van der Waals surface area contributed by atoms with E-state index in [-0.39, 0.29) is 23.5 Å². The van der Waals surface area contributed by atoms with E-state index in [1.54, 1.807) is 4.90 Å². The molecule has 0 spiro atoms. The fraction of sp³-hybridized carbons (Fsp3) is 0.938. The number of amides is 1. The van der Waals surface area contributed by atoms with Gasteiger partial charge in [-0.1, -0.05) is 0 Å². The maximum atomic E-state index is 12.7. The van der Waals surface area contributed by atoms with Gasteiger partial charge in [0.1, 0.15) is 0 Å². The topological polar surface area (TPSA) is 66.9 Å². The zero-order valence-corrected chi connectivity index (χ0v) is 14.8. The van der Waals surface area contributed by atoms with Gasteiger partial charge in [0, 0.05) is 31.8 Å². The molecule has 0 N–H and O–H groups in total. The van der Waals surface area contributed by atoms with Crippen molar-refractivity contribution in [3.05, 3.63) is 0 Å². The first kappa shape index (κ1) is 17.2. The molecule has 2 aliphatic heterocycles. The summed E-state index contributed by atoms with van der Waals surface area (Å²) in [5.41, 5.74) is 0. The average Bonchev–Trinajstić information content (AvgIpc) is 3.11. The molecule has 0 aromatic heterocycles. The van der Waals surface area contributed by atoms with Crippen LogP contribution in [0.3, 0.4) is 0 Å². The molecule has 7 heteroatoms. The molecule has 3 fully saturated rings. The van der Waals surface area contributed by atoms with Crippen LogP contribution in [-0.2, 0) is 19.4 Å². The third kappa shape index (κ3) is 4.45. The number of nitrogens with zero attached hydrogens (tertiary/aromatic N) is 2. The summed E-state index contributed by atoms with van der Waals surface area (Å²) in [4.78, 5) is 16.8. The number of hydrogen-bond acceptors (Lipinski definition) is 5. The van der Waals surface area contributed by atoms with Crippen LogP contribution in [0.1, 0.15) is 32.6 Å². The second-order valence-corrected chi connectivity index (χ2v) is 9.36. The maximum absolute atomic E-state index is 12.7. The van der Waals surface area contributed by atoms with Gasteiger partial charge in [-0.25, -0.2) is 8.42 Å². The van der Waals surface area contributed by atoms with Crippen molar-refractivity contribution in [2.24, 2.45) is 5.92 Å². The van der Waals surface area contributed by atoms with Gasteiger partial charge in [0.2, 0.25) is 5.91 Å².